The lowest BCUT2D eigenvalue weighted by molar-refractivity contribution is -0.137. The Bertz CT molecular complexity index is 1580. The van der Waals surface area contributed by atoms with E-state index in [0.717, 1.165) is 29.3 Å². The van der Waals surface area contributed by atoms with E-state index in [9.17, 15) is 30.8 Å². The highest BCUT2D eigenvalue weighted by atomic mass is 35.5. The fraction of sp³-hybridized carbons (Fsp3) is 0.367. The van der Waals surface area contributed by atoms with Crippen molar-refractivity contribution in [2.75, 3.05) is 6.61 Å². The average molecular weight is 642 g/mol. The van der Waals surface area contributed by atoms with Gasteiger partial charge in [-0.1, -0.05) is 35.9 Å². The zero-order valence-corrected chi connectivity index (χ0v) is 25.3. The number of rotatable bonds is 9. The Kier molecular flexibility index (Phi) is 9.75. The molecule has 232 valence electrons. The molecule has 1 aliphatic rings. The number of carbonyl (C=O) groups excluding carboxylic acids is 1. The van der Waals surface area contributed by atoms with Crippen LogP contribution in [0.25, 0.3) is 0 Å². The minimum Gasteiger partial charge on any atom is -0.493 e. The number of benzene rings is 3. The van der Waals surface area contributed by atoms with Crippen molar-refractivity contribution < 1.29 is 35.5 Å². The van der Waals surface area contributed by atoms with E-state index in [1.807, 2.05) is 18.2 Å². The van der Waals surface area contributed by atoms with Crippen LogP contribution < -0.4 is 20.1 Å². The lowest BCUT2D eigenvalue weighted by atomic mass is 9.97. The molecule has 3 aromatic rings. The Morgan fingerprint density at radius 2 is 1.74 bits per heavy atom. The van der Waals surface area contributed by atoms with Gasteiger partial charge < -0.3 is 15.4 Å². The minimum absolute atomic E-state index is 0.0810. The number of ether oxygens (including phenoxy) is 1. The smallest absolute Gasteiger partial charge is 0.416 e. The topological polar surface area (TPSA) is 96.5 Å². The number of fused-ring (bicyclic) bond motifs is 1. The lowest BCUT2D eigenvalue weighted by Crippen LogP contribution is -2.37. The van der Waals surface area contributed by atoms with E-state index in [1.165, 1.54) is 12.1 Å². The summed E-state index contributed by atoms with van der Waals surface area (Å²) in [5, 5.41) is 5.88. The third-order valence-electron chi connectivity index (χ3n) is 6.78. The molecular weight excluding hydrogens is 610 g/mol. The van der Waals surface area contributed by atoms with Gasteiger partial charge in [0.05, 0.1) is 29.3 Å². The van der Waals surface area contributed by atoms with Crippen LogP contribution in [0.3, 0.4) is 0 Å². The Balaban J connectivity index is 1.55. The van der Waals surface area contributed by atoms with Crippen molar-refractivity contribution in [2.45, 2.75) is 68.9 Å². The van der Waals surface area contributed by atoms with E-state index in [4.69, 9.17) is 16.3 Å². The van der Waals surface area contributed by atoms with Crippen molar-refractivity contribution in [3.63, 3.8) is 0 Å². The standard InChI is InChI=1S/C30H32ClF4N3O4S/c1-29(2,3)36-17-18-4-10-22-24(12-13-42-26(22)14-18)37-28(39)16-25(19-5-8-21(32)9-6-19)38-43(40,41)27-15-20(30(33,34)35)7-11-23(27)31/h4-11,14-15,24-25,36,38H,12-13,16-17H2,1-3H3,(H,37,39)/t24-,25-/m1/s1. The summed E-state index contributed by atoms with van der Waals surface area (Å²) in [4.78, 5) is 12.5. The maximum atomic E-state index is 13.7. The number of alkyl halides is 3. The SMILES string of the molecule is CC(C)(C)NCc1ccc2c(c1)OCC[C@H]2NC(=O)C[C@@H](NS(=O)(=O)c1cc(C(F)(F)F)ccc1Cl)c1ccc(F)cc1. The van der Waals surface area contributed by atoms with Gasteiger partial charge in [0.15, 0.2) is 0 Å². The van der Waals surface area contributed by atoms with E-state index in [-0.39, 0.29) is 11.1 Å². The van der Waals surface area contributed by atoms with Crippen molar-refractivity contribution in [1.29, 1.82) is 0 Å². The molecule has 2 atom stereocenters. The lowest BCUT2D eigenvalue weighted by Gasteiger charge is -2.28. The van der Waals surface area contributed by atoms with E-state index < -0.39 is 61.9 Å². The van der Waals surface area contributed by atoms with Crippen molar-refractivity contribution in [3.8, 4) is 5.75 Å². The van der Waals surface area contributed by atoms with Gasteiger partial charge in [0.25, 0.3) is 0 Å². The molecule has 43 heavy (non-hydrogen) atoms. The molecule has 0 bridgehead atoms. The Hall–Kier alpha value is -3.19. The van der Waals surface area contributed by atoms with E-state index in [0.29, 0.717) is 37.5 Å². The van der Waals surface area contributed by atoms with Crippen LogP contribution in [0.15, 0.2) is 65.6 Å². The van der Waals surface area contributed by atoms with Crippen LogP contribution in [0.4, 0.5) is 17.6 Å². The number of amides is 1. The van der Waals surface area contributed by atoms with Crippen molar-refractivity contribution in [2.24, 2.45) is 0 Å². The summed E-state index contributed by atoms with van der Waals surface area (Å²) in [6, 6.07) is 10.7. The van der Waals surface area contributed by atoms with Gasteiger partial charge in [0.2, 0.25) is 15.9 Å². The summed E-state index contributed by atoms with van der Waals surface area (Å²) in [6.45, 7) is 7.13. The number of nitrogens with one attached hydrogen (secondary N) is 3. The predicted octanol–water partition coefficient (Wildman–Crippen LogP) is 6.44. The second kappa shape index (κ2) is 12.8. The fourth-order valence-electron chi connectivity index (χ4n) is 4.56. The van der Waals surface area contributed by atoms with Gasteiger partial charge in [-0.15, -0.1) is 0 Å². The second-order valence-electron chi connectivity index (χ2n) is 11.3. The van der Waals surface area contributed by atoms with Crippen LogP contribution in [0.5, 0.6) is 5.75 Å². The molecule has 0 saturated heterocycles. The quantitative estimate of drug-likeness (QED) is 0.234. The van der Waals surface area contributed by atoms with Gasteiger partial charge in [0, 0.05) is 30.5 Å². The van der Waals surface area contributed by atoms with Crippen molar-refractivity contribution in [1.82, 2.24) is 15.4 Å². The zero-order chi connectivity index (χ0) is 31.6. The van der Waals surface area contributed by atoms with Crippen LogP contribution in [-0.2, 0) is 27.5 Å². The first-order valence-corrected chi connectivity index (χ1v) is 15.3. The molecule has 7 nitrogen and oxygen atoms in total. The molecule has 4 rings (SSSR count). The molecule has 1 heterocycles. The van der Waals surface area contributed by atoms with Crippen LogP contribution in [-0.4, -0.2) is 26.5 Å². The summed E-state index contributed by atoms with van der Waals surface area (Å²) < 4.78 is 88.2. The molecule has 13 heteroatoms. The average Bonchev–Trinajstić information content (AvgIpc) is 2.91. The molecule has 0 aliphatic carbocycles. The summed E-state index contributed by atoms with van der Waals surface area (Å²) in [5.74, 6) is -0.505. The highest BCUT2D eigenvalue weighted by Crippen LogP contribution is 2.35. The highest BCUT2D eigenvalue weighted by molar-refractivity contribution is 7.89. The number of carbonyl (C=O) groups is 1. The number of sulfonamides is 1. The highest BCUT2D eigenvalue weighted by Gasteiger charge is 2.34. The molecule has 3 N–H and O–H groups in total. The third-order valence-corrected chi connectivity index (χ3v) is 8.74. The van der Waals surface area contributed by atoms with Gasteiger partial charge in [-0.05, 0) is 68.3 Å². The molecule has 0 unspecified atom stereocenters. The van der Waals surface area contributed by atoms with Crippen LogP contribution in [0, 0.1) is 5.82 Å². The van der Waals surface area contributed by atoms with Gasteiger partial charge >= 0.3 is 6.18 Å². The summed E-state index contributed by atoms with van der Waals surface area (Å²) in [5.41, 5.74) is 0.700. The maximum absolute atomic E-state index is 13.7. The van der Waals surface area contributed by atoms with E-state index >= 15 is 0 Å². The van der Waals surface area contributed by atoms with Gasteiger partial charge in [-0.25, -0.2) is 17.5 Å². The number of hydrogen-bond donors (Lipinski definition) is 3. The second-order valence-corrected chi connectivity index (χ2v) is 13.4. The molecule has 0 saturated carbocycles. The number of hydrogen-bond acceptors (Lipinski definition) is 5. The fourth-order valence-corrected chi connectivity index (χ4v) is 6.31. The van der Waals surface area contributed by atoms with Crippen LogP contribution in [0.2, 0.25) is 5.02 Å². The van der Waals surface area contributed by atoms with Gasteiger partial charge in [-0.3, -0.25) is 4.79 Å². The van der Waals surface area contributed by atoms with Crippen LogP contribution >= 0.6 is 11.6 Å². The van der Waals surface area contributed by atoms with Crippen LogP contribution in [0.1, 0.15) is 68.0 Å². The van der Waals surface area contributed by atoms with E-state index in [1.54, 1.807) is 0 Å². The normalized spacial score (nSPS) is 16.2. The molecule has 0 spiro atoms. The monoisotopic (exact) mass is 641 g/mol. The molecule has 0 fully saturated rings. The molecule has 0 aromatic heterocycles. The van der Waals surface area contributed by atoms with Crippen molar-refractivity contribution in [3.05, 3.63) is 93.8 Å². The third kappa shape index (κ3) is 8.69. The Morgan fingerprint density at radius 3 is 2.40 bits per heavy atom. The molecule has 0 radical (unpaired) electrons. The van der Waals surface area contributed by atoms with Gasteiger partial charge in [-0.2, -0.15) is 13.2 Å². The Labute approximate surface area is 253 Å². The summed E-state index contributed by atoms with van der Waals surface area (Å²) >= 11 is 5.99. The predicted molar refractivity (Wildman–Crippen MR) is 155 cm³/mol. The maximum Gasteiger partial charge on any atom is 0.416 e. The zero-order valence-electron chi connectivity index (χ0n) is 23.7. The summed E-state index contributed by atoms with van der Waals surface area (Å²) in [6.07, 6.45) is -4.78. The first-order chi connectivity index (χ1) is 20.0. The van der Waals surface area contributed by atoms with Gasteiger partial charge in [0.1, 0.15) is 16.5 Å². The first-order valence-electron chi connectivity index (χ1n) is 13.5. The molecule has 3 aromatic carbocycles. The first kappa shape index (κ1) is 32.7. The molecule has 1 aliphatic heterocycles. The van der Waals surface area contributed by atoms with E-state index in [2.05, 4.69) is 36.1 Å². The molecular formula is C30H32ClF4N3O4S. The molecule has 1 amide bonds. The Morgan fingerprint density at radius 1 is 1.05 bits per heavy atom. The number of halogens is 5. The summed E-state index contributed by atoms with van der Waals surface area (Å²) in [7, 11) is -4.66. The minimum atomic E-state index is -4.81. The largest absolute Gasteiger partial charge is 0.493 e. The van der Waals surface area contributed by atoms with Crippen molar-refractivity contribution >= 4 is 27.5 Å².